The lowest BCUT2D eigenvalue weighted by atomic mass is 10.0. The zero-order chi connectivity index (χ0) is 16.2. The zero-order valence-corrected chi connectivity index (χ0v) is 14.8. The molecular formula is C14H20BrN3O3S. The van der Waals surface area contributed by atoms with Crippen LogP contribution < -0.4 is 15.4 Å². The summed E-state index contributed by atoms with van der Waals surface area (Å²) in [5, 5.41) is 5.85. The maximum absolute atomic E-state index is 12.4. The molecular weight excluding hydrogens is 370 g/mol. The molecule has 122 valence electrons. The SMILES string of the molecule is CCCNCCNS(=O)(=O)c1cc2c(cc1Br)CCC(=O)N2. The molecule has 0 aliphatic carbocycles. The predicted molar refractivity (Wildman–Crippen MR) is 89.4 cm³/mol. The molecule has 0 saturated carbocycles. The van der Waals surface area contributed by atoms with Crippen LogP contribution in [0.1, 0.15) is 25.3 Å². The summed E-state index contributed by atoms with van der Waals surface area (Å²) in [6.07, 6.45) is 2.05. The van der Waals surface area contributed by atoms with Crippen molar-refractivity contribution < 1.29 is 13.2 Å². The van der Waals surface area contributed by atoms with Crippen molar-refractivity contribution in [3.8, 4) is 0 Å². The molecule has 0 bridgehead atoms. The van der Waals surface area contributed by atoms with E-state index in [1.165, 1.54) is 6.07 Å². The highest BCUT2D eigenvalue weighted by molar-refractivity contribution is 9.10. The molecule has 6 nitrogen and oxygen atoms in total. The van der Waals surface area contributed by atoms with E-state index < -0.39 is 10.0 Å². The minimum absolute atomic E-state index is 0.0881. The quantitative estimate of drug-likeness (QED) is 0.618. The first-order valence-electron chi connectivity index (χ1n) is 7.26. The number of benzene rings is 1. The Bertz CT molecular complexity index is 662. The van der Waals surface area contributed by atoms with E-state index in [4.69, 9.17) is 0 Å². The molecule has 0 radical (unpaired) electrons. The summed E-state index contributed by atoms with van der Waals surface area (Å²) in [5.74, 6) is -0.0881. The Balaban J connectivity index is 2.13. The number of aryl methyl sites for hydroxylation is 1. The number of amides is 1. The van der Waals surface area contributed by atoms with Crippen molar-refractivity contribution in [1.82, 2.24) is 10.0 Å². The topological polar surface area (TPSA) is 87.3 Å². The van der Waals surface area contributed by atoms with E-state index in [1.54, 1.807) is 6.07 Å². The Morgan fingerprint density at radius 2 is 2.00 bits per heavy atom. The maximum atomic E-state index is 12.4. The van der Waals surface area contributed by atoms with Crippen molar-refractivity contribution in [2.45, 2.75) is 31.1 Å². The van der Waals surface area contributed by atoms with Gasteiger partial charge in [0.1, 0.15) is 0 Å². The van der Waals surface area contributed by atoms with Crippen LogP contribution in [0, 0.1) is 0 Å². The van der Waals surface area contributed by atoms with Gasteiger partial charge in [0.2, 0.25) is 15.9 Å². The summed E-state index contributed by atoms with van der Waals surface area (Å²) in [7, 11) is -3.62. The van der Waals surface area contributed by atoms with Crippen molar-refractivity contribution in [2.75, 3.05) is 25.0 Å². The van der Waals surface area contributed by atoms with Gasteiger partial charge in [-0.05, 0) is 53.0 Å². The molecule has 0 spiro atoms. The van der Waals surface area contributed by atoms with Crippen LogP contribution >= 0.6 is 15.9 Å². The molecule has 0 aromatic heterocycles. The predicted octanol–water partition coefficient (Wildman–Crippen LogP) is 1.61. The molecule has 0 saturated heterocycles. The summed E-state index contributed by atoms with van der Waals surface area (Å²) < 4.78 is 27.8. The summed E-state index contributed by atoms with van der Waals surface area (Å²) in [4.78, 5) is 11.6. The molecule has 22 heavy (non-hydrogen) atoms. The Morgan fingerprint density at radius 3 is 2.73 bits per heavy atom. The number of fused-ring (bicyclic) bond motifs is 1. The van der Waals surface area contributed by atoms with Crippen LogP contribution in [0.25, 0.3) is 0 Å². The third kappa shape index (κ3) is 4.28. The molecule has 1 aliphatic heterocycles. The maximum Gasteiger partial charge on any atom is 0.241 e. The minimum Gasteiger partial charge on any atom is -0.326 e. The van der Waals surface area contributed by atoms with Crippen LogP contribution in [0.3, 0.4) is 0 Å². The second-order valence-electron chi connectivity index (χ2n) is 5.14. The standard InChI is InChI=1S/C14H20BrN3O3S/c1-2-5-16-6-7-17-22(20,21)13-9-12-10(8-11(13)15)3-4-14(19)18-12/h8-9,16-17H,2-7H2,1H3,(H,18,19). The number of carbonyl (C=O) groups excluding carboxylic acids is 1. The van der Waals surface area contributed by atoms with Crippen LogP contribution in [0.2, 0.25) is 0 Å². The number of hydrogen-bond donors (Lipinski definition) is 3. The molecule has 1 aromatic carbocycles. The molecule has 2 rings (SSSR count). The van der Waals surface area contributed by atoms with Gasteiger partial charge in [0.25, 0.3) is 0 Å². The van der Waals surface area contributed by atoms with Gasteiger partial charge in [-0.2, -0.15) is 0 Å². The number of rotatable bonds is 7. The van der Waals surface area contributed by atoms with E-state index in [1.807, 2.05) is 0 Å². The van der Waals surface area contributed by atoms with E-state index in [9.17, 15) is 13.2 Å². The highest BCUT2D eigenvalue weighted by Crippen LogP contribution is 2.31. The first kappa shape index (κ1) is 17.4. The molecule has 0 fully saturated rings. The molecule has 0 unspecified atom stereocenters. The van der Waals surface area contributed by atoms with Crippen molar-refractivity contribution in [3.05, 3.63) is 22.2 Å². The Kier molecular flexibility index (Phi) is 5.96. The second-order valence-corrected chi connectivity index (χ2v) is 7.73. The number of nitrogens with one attached hydrogen (secondary N) is 3. The Labute approximate surface area is 139 Å². The van der Waals surface area contributed by atoms with Crippen LogP contribution in [0.5, 0.6) is 0 Å². The van der Waals surface area contributed by atoms with E-state index in [0.29, 0.717) is 36.1 Å². The zero-order valence-electron chi connectivity index (χ0n) is 12.4. The minimum atomic E-state index is -3.62. The molecule has 1 aliphatic rings. The number of sulfonamides is 1. The van der Waals surface area contributed by atoms with Crippen molar-refractivity contribution >= 4 is 37.5 Å². The summed E-state index contributed by atoms with van der Waals surface area (Å²) >= 11 is 3.31. The van der Waals surface area contributed by atoms with Gasteiger partial charge in [0, 0.05) is 29.7 Å². The fourth-order valence-corrected chi connectivity index (χ4v) is 4.38. The molecule has 1 heterocycles. The van der Waals surface area contributed by atoms with Gasteiger partial charge in [0.15, 0.2) is 0 Å². The van der Waals surface area contributed by atoms with Crippen LogP contribution in [-0.4, -0.2) is 34.0 Å². The van der Waals surface area contributed by atoms with Gasteiger partial charge in [-0.3, -0.25) is 4.79 Å². The lowest BCUT2D eigenvalue weighted by Gasteiger charge is -2.19. The molecule has 3 N–H and O–H groups in total. The number of halogens is 1. The van der Waals surface area contributed by atoms with E-state index in [0.717, 1.165) is 18.5 Å². The van der Waals surface area contributed by atoms with Gasteiger partial charge in [0.05, 0.1) is 4.90 Å². The number of anilines is 1. The summed E-state index contributed by atoms with van der Waals surface area (Å²) in [6.45, 7) is 3.80. The lowest BCUT2D eigenvalue weighted by molar-refractivity contribution is -0.116. The Hall–Kier alpha value is -0.960. The summed E-state index contributed by atoms with van der Waals surface area (Å²) in [6, 6.07) is 3.27. The first-order valence-corrected chi connectivity index (χ1v) is 9.54. The Morgan fingerprint density at radius 1 is 1.23 bits per heavy atom. The first-order chi connectivity index (χ1) is 10.4. The van der Waals surface area contributed by atoms with Gasteiger partial charge in [-0.25, -0.2) is 13.1 Å². The van der Waals surface area contributed by atoms with E-state index in [-0.39, 0.29) is 10.8 Å². The smallest absolute Gasteiger partial charge is 0.241 e. The fourth-order valence-electron chi connectivity index (χ4n) is 2.24. The molecule has 0 atom stereocenters. The molecule has 8 heteroatoms. The van der Waals surface area contributed by atoms with Gasteiger partial charge in [-0.1, -0.05) is 6.92 Å². The highest BCUT2D eigenvalue weighted by Gasteiger charge is 2.22. The largest absolute Gasteiger partial charge is 0.326 e. The van der Waals surface area contributed by atoms with Gasteiger partial charge < -0.3 is 10.6 Å². The fraction of sp³-hybridized carbons (Fsp3) is 0.500. The number of hydrogen-bond acceptors (Lipinski definition) is 4. The van der Waals surface area contributed by atoms with Crippen molar-refractivity contribution in [3.63, 3.8) is 0 Å². The average molecular weight is 390 g/mol. The summed E-state index contributed by atoms with van der Waals surface area (Å²) in [5.41, 5.74) is 1.51. The third-order valence-corrected chi connectivity index (χ3v) is 5.78. The van der Waals surface area contributed by atoms with Crippen molar-refractivity contribution in [1.29, 1.82) is 0 Å². The second kappa shape index (κ2) is 7.54. The highest BCUT2D eigenvalue weighted by atomic mass is 79.9. The van der Waals surface area contributed by atoms with Gasteiger partial charge >= 0.3 is 0 Å². The van der Waals surface area contributed by atoms with Crippen LogP contribution in [0.4, 0.5) is 5.69 Å². The monoisotopic (exact) mass is 389 g/mol. The molecule has 1 aromatic rings. The lowest BCUT2D eigenvalue weighted by Crippen LogP contribution is -2.32. The van der Waals surface area contributed by atoms with Crippen molar-refractivity contribution in [2.24, 2.45) is 0 Å². The third-order valence-electron chi connectivity index (χ3n) is 3.36. The molecule has 1 amide bonds. The van der Waals surface area contributed by atoms with E-state index >= 15 is 0 Å². The van der Waals surface area contributed by atoms with Gasteiger partial charge in [-0.15, -0.1) is 0 Å². The van der Waals surface area contributed by atoms with Crippen LogP contribution in [-0.2, 0) is 21.2 Å². The van der Waals surface area contributed by atoms with Crippen LogP contribution in [0.15, 0.2) is 21.5 Å². The normalized spacial score (nSPS) is 14.5. The van der Waals surface area contributed by atoms with E-state index in [2.05, 4.69) is 38.2 Å². The number of carbonyl (C=O) groups is 1. The average Bonchev–Trinajstić information content (AvgIpc) is 2.46.